The summed E-state index contributed by atoms with van der Waals surface area (Å²) in [6.45, 7) is 2.48. The monoisotopic (exact) mass is 350 g/mol. The Morgan fingerprint density at radius 3 is 2.04 bits per heavy atom. The fourth-order valence-electron chi connectivity index (χ4n) is 3.42. The molecule has 0 spiro atoms. The van der Waals surface area contributed by atoms with Gasteiger partial charge in [0.2, 0.25) is 0 Å². The third-order valence-corrected chi connectivity index (χ3v) is 6.66. The van der Waals surface area contributed by atoms with Crippen molar-refractivity contribution in [2.24, 2.45) is 4.36 Å². The predicted molar refractivity (Wildman–Crippen MR) is 103 cm³/mol. The lowest BCUT2D eigenvalue weighted by Crippen LogP contribution is -2.34. The molecule has 0 aromatic heterocycles. The Bertz CT molecular complexity index is 799. The fraction of sp³-hybridized carbons (Fsp3) is 0.286. The smallest absolute Gasteiger partial charge is 0.266 e. The number of fused-ring (bicyclic) bond motifs is 2. The lowest BCUT2D eigenvalue weighted by molar-refractivity contribution is -0.118. The van der Waals surface area contributed by atoms with Crippen molar-refractivity contribution in [2.75, 3.05) is 19.6 Å². The van der Waals surface area contributed by atoms with Gasteiger partial charge in [-0.2, -0.15) is 4.36 Å². The van der Waals surface area contributed by atoms with Gasteiger partial charge in [0, 0.05) is 9.79 Å². The molecule has 3 nitrogen and oxygen atoms in total. The standard InChI is InChI=1S/C21H22N2OS/c24-21(16-23-14-6-1-7-15-23)22-25-19-10-4-2-8-17(19)12-13-18-9-3-5-11-20(18)25/h2-5,8-13H,1,6-7,14-16H2. The van der Waals surface area contributed by atoms with E-state index in [2.05, 4.69) is 45.7 Å². The minimum atomic E-state index is -0.560. The molecule has 2 heterocycles. The molecule has 2 aromatic rings. The van der Waals surface area contributed by atoms with Crippen LogP contribution in [0.15, 0.2) is 62.7 Å². The largest absolute Gasteiger partial charge is 0.294 e. The van der Waals surface area contributed by atoms with Gasteiger partial charge in [-0.15, -0.1) is 0 Å². The number of nitrogens with zero attached hydrogens (tertiary/aromatic N) is 2. The summed E-state index contributed by atoms with van der Waals surface area (Å²) >= 11 is 0. The Hall–Kier alpha value is -2.04. The Morgan fingerprint density at radius 2 is 1.44 bits per heavy atom. The first-order valence-corrected chi connectivity index (χ1v) is 10.1. The number of hydrogen-bond acceptors (Lipinski definition) is 2. The molecule has 0 bridgehead atoms. The lowest BCUT2D eigenvalue weighted by Gasteiger charge is -2.24. The van der Waals surface area contributed by atoms with Crippen LogP contribution >= 0.6 is 0 Å². The predicted octanol–water partition coefficient (Wildman–Crippen LogP) is 4.40. The van der Waals surface area contributed by atoms with Crippen LogP contribution in [0.2, 0.25) is 0 Å². The third kappa shape index (κ3) is 3.65. The topological polar surface area (TPSA) is 32.7 Å². The molecule has 0 atom stereocenters. The van der Waals surface area contributed by atoms with E-state index in [1.807, 2.05) is 24.3 Å². The lowest BCUT2D eigenvalue weighted by atomic mass is 10.1. The molecule has 0 saturated carbocycles. The summed E-state index contributed by atoms with van der Waals surface area (Å²) in [5, 5.41) is 0. The normalized spacial score (nSPS) is 17.4. The van der Waals surface area contributed by atoms with Gasteiger partial charge in [0.1, 0.15) is 0 Å². The first kappa shape index (κ1) is 16.4. The van der Waals surface area contributed by atoms with Gasteiger partial charge in [0.05, 0.1) is 6.54 Å². The van der Waals surface area contributed by atoms with E-state index < -0.39 is 10.7 Å². The molecular weight excluding hydrogens is 328 g/mol. The van der Waals surface area contributed by atoms with Crippen molar-refractivity contribution in [1.82, 2.24) is 4.90 Å². The second-order valence-corrected chi connectivity index (χ2v) is 8.15. The van der Waals surface area contributed by atoms with Crippen LogP contribution in [0.3, 0.4) is 0 Å². The summed E-state index contributed by atoms with van der Waals surface area (Å²) in [5.74, 6) is -0.00302. The van der Waals surface area contributed by atoms with Crippen LogP contribution in [0.4, 0.5) is 0 Å². The highest BCUT2D eigenvalue weighted by atomic mass is 32.2. The molecule has 2 aliphatic rings. The van der Waals surface area contributed by atoms with Gasteiger partial charge in [0.15, 0.2) is 0 Å². The van der Waals surface area contributed by atoms with Gasteiger partial charge in [0.25, 0.3) is 5.91 Å². The van der Waals surface area contributed by atoms with E-state index in [1.165, 1.54) is 19.3 Å². The van der Waals surface area contributed by atoms with Gasteiger partial charge >= 0.3 is 0 Å². The highest BCUT2D eigenvalue weighted by Gasteiger charge is 2.18. The van der Waals surface area contributed by atoms with E-state index in [0.717, 1.165) is 34.0 Å². The zero-order valence-electron chi connectivity index (χ0n) is 14.2. The van der Waals surface area contributed by atoms with Crippen LogP contribution in [0, 0.1) is 0 Å². The minimum Gasteiger partial charge on any atom is -0.294 e. The molecule has 2 aliphatic heterocycles. The molecule has 128 valence electrons. The molecule has 4 heteroatoms. The molecule has 0 unspecified atom stereocenters. The van der Waals surface area contributed by atoms with E-state index in [-0.39, 0.29) is 5.91 Å². The van der Waals surface area contributed by atoms with Gasteiger partial charge in [-0.05, 0) is 59.9 Å². The average Bonchev–Trinajstić information content (AvgIpc) is 2.80. The van der Waals surface area contributed by atoms with Crippen molar-refractivity contribution in [3.63, 3.8) is 0 Å². The quantitative estimate of drug-likeness (QED) is 0.686. The van der Waals surface area contributed by atoms with Crippen molar-refractivity contribution in [1.29, 1.82) is 0 Å². The van der Waals surface area contributed by atoms with Crippen LogP contribution in [-0.2, 0) is 15.5 Å². The number of hydrogen-bond donors (Lipinski definition) is 0. The van der Waals surface area contributed by atoms with E-state index in [0.29, 0.717) is 6.54 Å². The maximum Gasteiger partial charge on any atom is 0.266 e. The number of likely N-dealkylation sites (tertiary alicyclic amines) is 1. The van der Waals surface area contributed by atoms with E-state index in [1.54, 1.807) is 0 Å². The number of piperidine rings is 1. The molecule has 1 saturated heterocycles. The first-order valence-electron chi connectivity index (χ1n) is 8.89. The maximum absolute atomic E-state index is 12.7. The average molecular weight is 350 g/mol. The number of benzene rings is 2. The molecule has 0 radical (unpaired) electrons. The first-order chi connectivity index (χ1) is 12.3. The Morgan fingerprint density at radius 1 is 0.880 bits per heavy atom. The number of carbonyl (C=O) groups excluding carboxylic acids is 1. The molecule has 1 fully saturated rings. The molecule has 0 aliphatic carbocycles. The SMILES string of the molecule is O=C(CN1CCCCC1)N=S1c2ccccc2C=Cc2ccccc21. The second-order valence-electron chi connectivity index (χ2n) is 6.52. The van der Waals surface area contributed by atoms with E-state index >= 15 is 0 Å². The van der Waals surface area contributed by atoms with Crippen molar-refractivity contribution in [2.45, 2.75) is 29.1 Å². The molecule has 4 rings (SSSR count). The summed E-state index contributed by atoms with van der Waals surface area (Å²) in [7, 11) is -0.560. The zero-order chi connectivity index (χ0) is 17.1. The van der Waals surface area contributed by atoms with Crippen LogP contribution in [0.5, 0.6) is 0 Å². The molecule has 25 heavy (non-hydrogen) atoms. The summed E-state index contributed by atoms with van der Waals surface area (Å²) in [4.78, 5) is 17.2. The molecular formula is C21H22N2OS. The highest BCUT2D eigenvalue weighted by molar-refractivity contribution is 7.88. The maximum atomic E-state index is 12.7. The van der Waals surface area contributed by atoms with Crippen molar-refractivity contribution in [3.8, 4) is 0 Å². The Kier molecular flexibility index (Phi) is 4.90. The summed E-state index contributed by atoms with van der Waals surface area (Å²) in [6.07, 6.45) is 7.92. The molecule has 0 N–H and O–H groups in total. The third-order valence-electron chi connectivity index (χ3n) is 4.70. The van der Waals surface area contributed by atoms with Crippen molar-refractivity contribution in [3.05, 3.63) is 59.7 Å². The molecule has 1 amide bonds. The number of carbonyl (C=O) groups is 1. The van der Waals surface area contributed by atoms with Gasteiger partial charge < -0.3 is 0 Å². The second kappa shape index (κ2) is 7.46. The van der Waals surface area contributed by atoms with Crippen molar-refractivity contribution >= 4 is 28.8 Å². The van der Waals surface area contributed by atoms with E-state index in [9.17, 15) is 4.79 Å². The van der Waals surface area contributed by atoms with Crippen molar-refractivity contribution < 1.29 is 4.79 Å². The fourth-order valence-corrected chi connectivity index (χ4v) is 5.25. The molecule has 2 aromatic carbocycles. The summed E-state index contributed by atoms with van der Waals surface area (Å²) in [6, 6.07) is 16.5. The highest BCUT2D eigenvalue weighted by Crippen LogP contribution is 2.30. The summed E-state index contributed by atoms with van der Waals surface area (Å²) < 4.78 is 4.68. The van der Waals surface area contributed by atoms with E-state index in [4.69, 9.17) is 0 Å². The minimum absolute atomic E-state index is 0.00302. The van der Waals surface area contributed by atoms with Gasteiger partial charge in [-0.25, -0.2) is 0 Å². The number of amides is 1. The van der Waals surface area contributed by atoms with Gasteiger partial charge in [-0.1, -0.05) is 55.0 Å². The summed E-state index contributed by atoms with van der Waals surface area (Å²) in [5.41, 5.74) is 2.30. The van der Waals surface area contributed by atoms with Crippen LogP contribution in [-0.4, -0.2) is 30.4 Å². The zero-order valence-corrected chi connectivity index (χ0v) is 15.0. The van der Waals surface area contributed by atoms with Crippen LogP contribution < -0.4 is 0 Å². The van der Waals surface area contributed by atoms with Crippen LogP contribution in [0.25, 0.3) is 12.2 Å². The van der Waals surface area contributed by atoms with Crippen LogP contribution in [0.1, 0.15) is 30.4 Å². The Labute approximate surface area is 151 Å². The van der Waals surface area contributed by atoms with Gasteiger partial charge in [-0.3, -0.25) is 9.69 Å². The number of rotatable bonds is 2. The Balaban J connectivity index is 1.72.